The van der Waals surface area contributed by atoms with Crippen molar-refractivity contribution in [1.82, 2.24) is 29.7 Å². The Labute approximate surface area is 156 Å². The molecule has 0 spiro atoms. The Bertz CT molecular complexity index is 927. The molecule has 0 aromatic carbocycles. The van der Waals surface area contributed by atoms with Crippen LogP contribution in [0.15, 0.2) is 43.4 Å². The Morgan fingerprint density at radius 3 is 2.93 bits per heavy atom. The molecule has 3 aromatic heterocycles. The molecule has 1 saturated heterocycles. The average Bonchev–Trinajstić information content (AvgIpc) is 3.25. The van der Waals surface area contributed by atoms with E-state index in [2.05, 4.69) is 35.3 Å². The van der Waals surface area contributed by atoms with E-state index in [0.29, 0.717) is 18.2 Å². The summed E-state index contributed by atoms with van der Waals surface area (Å²) in [6.07, 6.45) is 8.00. The van der Waals surface area contributed by atoms with E-state index in [1.54, 1.807) is 17.2 Å². The van der Waals surface area contributed by atoms with Crippen molar-refractivity contribution in [1.29, 1.82) is 0 Å². The highest BCUT2D eigenvalue weighted by molar-refractivity contribution is 5.92. The van der Waals surface area contributed by atoms with Gasteiger partial charge in [-0.3, -0.25) is 4.79 Å². The molecule has 1 N–H and O–H groups in total. The minimum Gasteiger partial charge on any atom is -0.356 e. The van der Waals surface area contributed by atoms with Gasteiger partial charge in [0.25, 0.3) is 0 Å². The topological polar surface area (TPSA) is 102 Å². The minimum atomic E-state index is -0.120. The van der Waals surface area contributed by atoms with Gasteiger partial charge in [0.1, 0.15) is 30.6 Å². The molecule has 1 atom stereocenters. The third kappa shape index (κ3) is 3.76. The van der Waals surface area contributed by atoms with Crippen molar-refractivity contribution in [2.45, 2.75) is 19.8 Å². The van der Waals surface area contributed by atoms with Gasteiger partial charge >= 0.3 is 0 Å². The third-order valence-corrected chi connectivity index (χ3v) is 4.66. The largest absolute Gasteiger partial charge is 0.356 e. The molecule has 1 aliphatic rings. The number of hydrogen-bond acceptors (Lipinski definition) is 7. The second-order valence-corrected chi connectivity index (χ2v) is 6.52. The van der Waals surface area contributed by atoms with Crippen LogP contribution in [-0.4, -0.2) is 48.7 Å². The van der Waals surface area contributed by atoms with Crippen LogP contribution >= 0.6 is 0 Å². The van der Waals surface area contributed by atoms with Gasteiger partial charge in [0.15, 0.2) is 5.82 Å². The normalized spacial score (nSPS) is 16.9. The number of piperidine rings is 1. The smallest absolute Gasteiger partial charge is 0.230 e. The zero-order valence-corrected chi connectivity index (χ0v) is 15.0. The molecular weight excluding hydrogens is 344 g/mol. The molecule has 0 saturated carbocycles. The lowest BCUT2D eigenvalue weighted by molar-refractivity contribution is -0.120. The van der Waals surface area contributed by atoms with E-state index in [1.165, 1.54) is 12.7 Å². The van der Waals surface area contributed by atoms with Gasteiger partial charge in [-0.25, -0.2) is 24.6 Å². The molecule has 3 aromatic rings. The number of anilines is 2. The first-order chi connectivity index (χ1) is 13.2. The molecule has 9 nitrogen and oxygen atoms in total. The SMILES string of the molecule is Cc1cccnc1NC(=O)[C@H]1CCCN(c2cc(-n3cncn3)ncn2)C1. The maximum Gasteiger partial charge on any atom is 0.230 e. The molecule has 0 radical (unpaired) electrons. The summed E-state index contributed by atoms with van der Waals surface area (Å²) in [4.78, 5) is 31.6. The third-order valence-electron chi connectivity index (χ3n) is 4.66. The first-order valence-corrected chi connectivity index (χ1v) is 8.85. The van der Waals surface area contributed by atoms with E-state index in [0.717, 1.165) is 30.8 Å². The quantitative estimate of drug-likeness (QED) is 0.750. The summed E-state index contributed by atoms with van der Waals surface area (Å²) in [6.45, 7) is 3.38. The van der Waals surface area contributed by atoms with Crippen LogP contribution in [-0.2, 0) is 4.79 Å². The summed E-state index contributed by atoms with van der Waals surface area (Å²) in [5.41, 5.74) is 0.951. The second-order valence-electron chi connectivity index (χ2n) is 6.52. The molecule has 0 unspecified atom stereocenters. The van der Waals surface area contributed by atoms with E-state index >= 15 is 0 Å². The Morgan fingerprint density at radius 2 is 2.11 bits per heavy atom. The predicted octanol–water partition coefficient (Wildman–Crippen LogP) is 1.62. The number of pyridine rings is 1. The van der Waals surface area contributed by atoms with E-state index < -0.39 is 0 Å². The summed E-state index contributed by atoms with van der Waals surface area (Å²) >= 11 is 0. The molecule has 9 heteroatoms. The summed E-state index contributed by atoms with van der Waals surface area (Å²) in [5.74, 6) is 1.92. The average molecular weight is 364 g/mol. The number of carbonyl (C=O) groups is 1. The van der Waals surface area contributed by atoms with Crippen LogP contribution in [0.3, 0.4) is 0 Å². The van der Waals surface area contributed by atoms with Gasteiger partial charge in [0.2, 0.25) is 5.91 Å². The predicted molar refractivity (Wildman–Crippen MR) is 99.5 cm³/mol. The van der Waals surface area contributed by atoms with Crippen molar-refractivity contribution in [2.24, 2.45) is 5.92 Å². The maximum absolute atomic E-state index is 12.7. The van der Waals surface area contributed by atoms with Gasteiger partial charge in [0.05, 0.1) is 5.92 Å². The number of aromatic nitrogens is 6. The highest BCUT2D eigenvalue weighted by Gasteiger charge is 2.27. The van der Waals surface area contributed by atoms with Crippen LogP contribution in [0.5, 0.6) is 0 Å². The highest BCUT2D eigenvalue weighted by Crippen LogP contribution is 2.23. The van der Waals surface area contributed by atoms with Crippen molar-refractivity contribution in [3.05, 3.63) is 48.9 Å². The first kappa shape index (κ1) is 17.1. The molecule has 1 amide bonds. The van der Waals surface area contributed by atoms with Crippen LogP contribution < -0.4 is 10.2 Å². The van der Waals surface area contributed by atoms with Crippen molar-refractivity contribution in [3.63, 3.8) is 0 Å². The van der Waals surface area contributed by atoms with Gasteiger partial charge in [0, 0.05) is 25.4 Å². The van der Waals surface area contributed by atoms with Gasteiger partial charge < -0.3 is 10.2 Å². The lowest BCUT2D eigenvalue weighted by Gasteiger charge is -2.32. The molecule has 1 fully saturated rings. The van der Waals surface area contributed by atoms with E-state index in [1.807, 2.05) is 25.1 Å². The Morgan fingerprint density at radius 1 is 1.22 bits per heavy atom. The fraction of sp³-hybridized carbons (Fsp3) is 0.333. The highest BCUT2D eigenvalue weighted by atomic mass is 16.2. The number of hydrogen-bond donors (Lipinski definition) is 1. The van der Waals surface area contributed by atoms with Crippen LogP contribution in [0.4, 0.5) is 11.6 Å². The Kier molecular flexibility index (Phi) is 4.73. The molecule has 27 heavy (non-hydrogen) atoms. The number of nitrogens with one attached hydrogen (secondary N) is 1. The number of rotatable bonds is 4. The molecular formula is C18H20N8O. The van der Waals surface area contributed by atoms with Crippen molar-refractivity contribution in [2.75, 3.05) is 23.3 Å². The van der Waals surface area contributed by atoms with E-state index in [9.17, 15) is 4.79 Å². The van der Waals surface area contributed by atoms with Crippen molar-refractivity contribution in [3.8, 4) is 5.82 Å². The fourth-order valence-corrected chi connectivity index (χ4v) is 3.20. The van der Waals surface area contributed by atoms with Crippen LogP contribution in [0.1, 0.15) is 18.4 Å². The minimum absolute atomic E-state index is 0.00736. The number of aryl methyl sites for hydroxylation is 1. The Balaban J connectivity index is 1.47. The van der Waals surface area contributed by atoms with Crippen LogP contribution in [0.2, 0.25) is 0 Å². The molecule has 0 bridgehead atoms. The molecule has 4 rings (SSSR count). The lowest BCUT2D eigenvalue weighted by Crippen LogP contribution is -2.41. The van der Waals surface area contributed by atoms with Gasteiger partial charge in [-0.2, -0.15) is 5.10 Å². The molecule has 4 heterocycles. The van der Waals surface area contributed by atoms with Crippen LogP contribution in [0.25, 0.3) is 5.82 Å². The number of carbonyl (C=O) groups excluding carboxylic acids is 1. The van der Waals surface area contributed by atoms with E-state index in [-0.39, 0.29) is 11.8 Å². The summed E-state index contributed by atoms with van der Waals surface area (Å²) < 4.78 is 1.59. The summed E-state index contributed by atoms with van der Waals surface area (Å²) in [7, 11) is 0. The number of nitrogens with zero attached hydrogens (tertiary/aromatic N) is 7. The van der Waals surface area contributed by atoms with E-state index in [4.69, 9.17) is 0 Å². The van der Waals surface area contributed by atoms with Crippen LogP contribution in [0, 0.1) is 12.8 Å². The number of amides is 1. The van der Waals surface area contributed by atoms with Gasteiger partial charge in [-0.05, 0) is 31.4 Å². The summed E-state index contributed by atoms with van der Waals surface area (Å²) in [6, 6.07) is 5.65. The first-order valence-electron chi connectivity index (χ1n) is 8.85. The van der Waals surface area contributed by atoms with Gasteiger partial charge in [-0.1, -0.05) is 6.07 Å². The zero-order chi connectivity index (χ0) is 18.6. The zero-order valence-electron chi connectivity index (χ0n) is 15.0. The van der Waals surface area contributed by atoms with Crippen molar-refractivity contribution < 1.29 is 4.79 Å². The molecule has 138 valence electrons. The standard InChI is InChI=1S/C18H20N8O/c1-13-4-2-6-20-17(13)24-18(27)14-5-3-7-25(9-14)15-8-16(22-11-21-15)26-12-19-10-23-26/h2,4,6,8,10-12,14H,3,5,7,9H2,1H3,(H,20,24,27)/t14-/m0/s1. The molecule has 0 aliphatic carbocycles. The Hall–Kier alpha value is -3.36. The maximum atomic E-state index is 12.7. The van der Waals surface area contributed by atoms with Crippen molar-refractivity contribution >= 4 is 17.5 Å². The monoisotopic (exact) mass is 364 g/mol. The summed E-state index contributed by atoms with van der Waals surface area (Å²) in [5, 5.41) is 7.05. The molecule has 1 aliphatic heterocycles. The fourth-order valence-electron chi connectivity index (χ4n) is 3.20. The lowest BCUT2D eigenvalue weighted by atomic mass is 9.97. The second kappa shape index (κ2) is 7.48. The van der Waals surface area contributed by atoms with Gasteiger partial charge in [-0.15, -0.1) is 0 Å².